The zero-order valence-electron chi connectivity index (χ0n) is 17.6. The highest BCUT2D eigenvalue weighted by atomic mass is 16.5. The van der Waals surface area contributed by atoms with Crippen LogP contribution in [-0.4, -0.2) is 7.05 Å². The molecule has 3 aromatic rings. The van der Waals surface area contributed by atoms with Gasteiger partial charge in [0, 0.05) is 12.5 Å². The molecule has 0 aromatic heterocycles. The topological polar surface area (TPSA) is 12.5 Å². The molecule has 0 atom stereocenters. The van der Waals surface area contributed by atoms with Crippen molar-refractivity contribution in [2.75, 3.05) is 11.9 Å². The molecule has 1 heterocycles. The van der Waals surface area contributed by atoms with Crippen molar-refractivity contribution in [3.63, 3.8) is 0 Å². The van der Waals surface area contributed by atoms with Gasteiger partial charge in [-0.3, -0.25) is 0 Å². The molecule has 0 spiro atoms. The number of hydrogen-bond acceptors (Lipinski definition) is 2. The minimum atomic E-state index is -0.189. The van der Waals surface area contributed by atoms with Crippen LogP contribution in [0.25, 0.3) is 10.8 Å². The minimum Gasteiger partial charge on any atom is -0.439 e. The summed E-state index contributed by atoms with van der Waals surface area (Å²) in [7, 11) is 2.02. The summed E-state index contributed by atoms with van der Waals surface area (Å²) in [5.74, 6) is 1.70. The number of benzene rings is 3. The Bertz CT molecular complexity index is 1150. The van der Waals surface area contributed by atoms with Gasteiger partial charge in [-0.2, -0.15) is 0 Å². The summed E-state index contributed by atoms with van der Waals surface area (Å²) >= 11 is 0. The lowest BCUT2D eigenvalue weighted by atomic mass is 9.74. The number of aryl methyl sites for hydroxylation is 1. The standard InChI is InChI=1S/C27H27NO/c1-19-17-18-21-12-6-7-13-22(21)26(19)27(3,4)20(2)11-10-16-25-28(5)23-14-8-9-15-24(23)29-25/h6-18H,2H2,1,3-5H3/b11-10+,25-16-. The summed E-state index contributed by atoms with van der Waals surface area (Å²) in [6.45, 7) is 11.1. The van der Waals surface area contributed by atoms with Crippen molar-refractivity contribution in [1.82, 2.24) is 0 Å². The average molecular weight is 382 g/mol. The van der Waals surface area contributed by atoms with Gasteiger partial charge in [-0.1, -0.05) is 81.1 Å². The zero-order chi connectivity index (χ0) is 20.6. The van der Waals surface area contributed by atoms with Crippen LogP contribution in [0.1, 0.15) is 25.0 Å². The molecule has 0 saturated heterocycles. The van der Waals surface area contributed by atoms with Gasteiger partial charge in [-0.25, -0.2) is 0 Å². The molecule has 3 aromatic carbocycles. The molecule has 2 nitrogen and oxygen atoms in total. The van der Waals surface area contributed by atoms with E-state index in [1.807, 2.05) is 37.4 Å². The Balaban J connectivity index is 1.61. The fourth-order valence-corrected chi connectivity index (χ4v) is 4.09. The van der Waals surface area contributed by atoms with Gasteiger partial charge >= 0.3 is 0 Å². The number of fused-ring (bicyclic) bond motifs is 2. The molecular weight excluding hydrogens is 354 g/mol. The van der Waals surface area contributed by atoms with E-state index in [0.717, 1.165) is 22.9 Å². The van der Waals surface area contributed by atoms with Crippen LogP contribution in [-0.2, 0) is 5.41 Å². The van der Waals surface area contributed by atoms with E-state index < -0.39 is 0 Å². The summed E-state index contributed by atoms with van der Waals surface area (Å²) in [6.07, 6.45) is 6.12. The number of allylic oxidation sites excluding steroid dienone is 4. The Labute approximate surface area is 173 Å². The molecule has 0 aliphatic carbocycles. The number of rotatable bonds is 4. The first-order chi connectivity index (χ1) is 13.9. The van der Waals surface area contributed by atoms with Crippen LogP contribution in [0, 0.1) is 6.92 Å². The number of para-hydroxylation sites is 2. The Kier molecular flexibility index (Phi) is 4.79. The molecule has 4 rings (SSSR count). The maximum absolute atomic E-state index is 5.95. The first kappa shape index (κ1) is 19.1. The quantitative estimate of drug-likeness (QED) is 0.455. The molecule has 0 amide bonds. The van der Waals surface area contributed by atoms with E-state index in [2.05, 4.69) is 80.8 Å². The summed E-state index contributed by atoms with van der Waals surface area (Å²) in [4.78, 5) is 2.06. The Hall–Kier alpha value is -3.26. The van der Waals surface area contributed by atoms with Gasteiger partial charge in [-0.05, 0) is 52.6 Å². The third-order valence-corrected chi connectivity index (χ3v) is 5.87. The van der Waals surface area contributed by atoms with Gasteiger partial charge in [0.2, 0.25) is 0 Å². The first-order valence-electron chi connectivity index (χ1n) is 9.97. The molecule has 2 heteroatoms. The van der Waals surface area contributed by atoms with Crippen LogP contribution >= 0.6 is 0 Å². The average Bonchev–Trinajstić information content (AvgIpc) is 3.03. The van der Waals surface area contributed by atoms with Crippen molar-refractivity contribution in [2.24, 2.45) is 0 Å². The first-order valence-corrected chi connectivity index (χ1v) is 9.97. The number of anilines is 1. The molecule has 1 aliphatic heterocycles. The van der Waals surface area contributed by atoms with Crippen LogP contribution in [0.5, 0.6) is 5.75 Å². The second kappa shape index (κ2) is 7.29. The van der Waals surface area contributed by atoms with Gasteiger partial charge < -0.3 is 9.64 Å². The highest BCUT2D eigenvalue weighted by molar-refractivity contribution is 5.88. The van der Waals surface area contributed by atoms with E-state index in [4.69, 9.17) is 4.74 Å². The Morgan fingerprint density at radius 2 is 1.72 bits per heavy atom. The molecule has 146 valence electrons. The van der Waals surface area contributed by atoms with Crippen molar-refractivity contribution in [3.05, 3.63) is 108 Å². The maximum atomic E-state index is 5.95. The van der Waals surface area contributed by atoms with Crippen molar-refractivity contribution in [1.29, 1.82) is 0 Å². The third kappa shape index (κ3) is 3.36. The molecule has 0 unspecified atom stereocenters. The molecule has 29 heavy (non-hydrogen) atoms. The maximum Gasteiger partial charge on any atom is 0.200 e. The lowest BCUT2D eigenvalue weighted by Gasteiger charge is -2.30. The molecule has 0 bridgehead atoms. The van der Waals surface area contributed by atoms with E-state index in [1.54, 1.807) is 0 Å². The second-order valence-electron chi connectivity index (χ2n) is 8.12. The predicted octanol–water partition coefficient (Wildman–Crippen LogP) is 6.91. The summed E-state index contributed by atoms with van der Waals surface area (Å²) in [5.41, 5.74) is 4.57. The van der Waals surface area contributed by atoms with E-state index in [1.165, 1.54) is 21.9 Å². The van der Waals surface area contributed by atoms with E-state index in [9.17, 15) is 0 Å². The van der Waals surface area contributed by atoms with E-state index in [-0.39, 0.29) is 5.41 Å². The Morgan fingerprint density at radius 3 is 2.52 bits per heavy atom. The molecule has 0 saturated carbocycles. The highest BCUT2D eigenvalue weighted by Gasteiger charge is 2.27. The van der Waals surface area contributed by atoms with E-state index in [0.29, 0.717) is 0 Å². The van der Waals surface area contributed by atoms with E-state index >= 15 is 0 Å². The molecular formula is C27H27NO. The van der Waals surface area contributed by atoms with Crippen molar-refractivity contribution in [3.8, 4) is 5.75 Å². The number of ether oxygens (including phenoxy) is 1. The van der Waals surface area contributed by atoms with Gasteiger partial charge in [0.1, 0.15) is 0 Å². The summed E-state index contributed by atoms with van der Waals surface area (Å²) in [6, 6.07) is 21.0. The van der Waals surface area contributed by atoms with Crippen LogP contribution in [0.15, 0.2) is 96.9 Å². The lowest BCUT2D eigenvalue weighted by molar-refractivity contribution is 0.444. The largest absolute Gasteiger partial charge is 0.439 e. The normalized spacial score (nSPS) is 15.2. The van der Waals surface area contributed by atoms with Gasteiger partial charge in [-0.15, -0.1) is 0 Å². The van der Waals surface area contributed by atoms with Crippen molar-refractivity contribution < 1.29 is 4.74 Å². The molecule has 1 aliphatic rings. The lowest BCUT2D eigenvalue weighted by Crippen LogP contribution is -2.20. The smallest absolute Gasteiger partial charge is 0.200 e. The highest BCUT2D eigenvalue weighted by Crippen LogP contribution is 2.39. The molecule has 0 N–H and O–H groups in total. The predicted molar refractivity (Wildman–Crippen MR) is 124 cm³/mol. The number of nitrogens with zero attached hydrogens (tertiary/aromatic N) is 1. The van der Waals surface area contributed by atoms with Crippen LogP contribution in [0.3, 0.4) is 0 Å². The zero-order valence-corrected chi connectivity index (χ0v) is 17.6. The summed E-state index contributed by atoms with van der Waals surface area (Å²) in [5, 5.41) is 2.55. The van der Waals surface area contributed by atoms with Gasteiger partial charge in [0.05, 0.1) is 5.69 Å². The van der Waals surface area contributed by atoms with Crippen LogP contribution in [0.4, 0.5) is 5.69 Å². The van der Waals surface area contributed by atoms with Crippen molar-refractivity contribution >= 4 is 16.5 Å². The fourth-order valence-electron chi connectivity index (χ4n) is 4.09. The SMILES string of the molecule is C=C(/C=C/C=C1\Oc2ccccc2N1C)C(C)(C)c1c(C)ccc2ccccc12. The van der Waals surface area contributed by atoms with Crippen molar-refractivity contribution in [2.45, 2.75) is 26.2 Å². The minimum absolute atomic E-state index is 0.189. The third-order valence-electron chi connectivity index (χ3n) is 5.87. The molecule has 0 radical (unpaired) electrons. The monoisotopic (exact) mass is 381 g/mol. The fraction of sp³-hybridized carbons (Fsp3) is 0.185. The molecule has 0 fully saturated rings. The Morgan fingerprint density at radius 1 is 1.00 bits per heavy atom. The number of hydrogen-bond donors (Lipinski definition) is 0. The van der Waals surface area contributed by atoms with Crippen LogP contribution < -0.4 is 9.64 Å². The summed E-state index contributed by atoms with van der Waals surface area (Å²) < 4.78 is 5.95. The van der Waals surface area contributed by atoms with Gasteiger partial charge in [0.25, 0.3) is 0 Å². The van der Waals surface area contributed by atoms with Crippen LogP contribution in [0.2, 0.25) is 0 Å². The van der Waals surface area contributed by atoms with Gasteiger partial charge in [0.15, 0.2) is 11.6 Å². The second-order valence-corrected chi connectivity index (χ2v) is 8.12.